The average Bonchev–Trinajstić information content (AvgIpc) is 2.41. The summed E-state index contributed by atoms with van der Waals surface area (Å²) in [5.41, 5.74) is -0.777. The standard InChI is InChI=1S/C15H19F3O3/c1-2-3-5-11(14(19)20)8-9-21-13-7-4-6-12(10-13)15(16,17)18/h4,6-7,10-11H,2-3,5,8-9H2,1H3,(H,19,20). The second-order valence-electron chi connectivity index (χ2n) is 4.84. The van der Waals surface area contributed by atoms with E-state index in [1.807, 2.05) is 6.92 Å². The molecule has 0 bridgehead atoms. The Labute approximate surface area is 121 Å². The number of carboxylic acid groups (broad SMARTS) is 1. The topological polar surface area (TPSA) is 46.5 Å². The predicted octanol–water partition coefficient (Wildman–Crippen LogP) is 4.37. The van der Waals surface area contributed by atoms with E-state index in [2.05, 4.69) is 0 Å². The lowest BCUT2D eigenvalue weighted by Crippen LogP contribution is -2.17. The van der Waals surface area contributed by atoms with Crippen molar-refractivity contribution in [3.8, 4) is 5.75 Å². The van der Waals surface area contributed by atoms with Crippen molar-refractivity contribution in [2.75, 3.05) is 6.61 Å². The Bertz CT molecular complexity index is 458. The van der Waals surface area contributed by atoms with Crippen LogP contribution in [0.5, 0.6) is 5.75 Å². The van der Waals surface area contributed by atoms with E-state index in [0.29, 0.717) is 6.42 Å². The Kier molecular flexibility index (Phi) is 6.52. The van der Waals surface area contributed by atoms with Crippen LogP contribution in [0.1, 0.15) is 38.2 Å². The third-order valence-electron chi connectivity index (χ3n) is 3.15. The first kappa shape index (κ1) is 17.3. The van der Waals surface area contributed by atoms with Crippen LogP contribution in [-0.2, 0) is 11.0 Å². The molecule has 1 aromatic carbocycles. The van der Waals surface area contributed by atoms with Crippen LogP contribution in [-0.4, -0.2) is 17.7 Å². The van der Waals surface area contributed by atoms with Crippen LogP contribution in [0.2, 0.25) is 0 Å². The van der Waals surface area contributed by atoms with Gasteiger partial charge in [-0.25, -0.2) is 0 Å². The first-order valence-corrected chi connectivity index (χ1v) is 6.87. The lowest BCUT2D eigenvalue weighted by molar-refractivity contribution is -0.142. The van der Waals surface area contributed by atoms with Crippen LogP contribution >= 0.6 is 0 Å². The van der Waals surface area contributed by atoms with Gasteiger partial charge in [-0.1, -0.05) is 25.8 Å². The second-order valence-corrected chi connectivity index (χ2v) is 4.84. The van der Waals surface area contributed by atoms with E-state index >= 15 is 0 Å². The van der Waals surface area contributed by atoms with E-state index in [9.17, 15) is 18.0 Å². The predicted molar refractivity (Wildman–Crippen MR) is 72.2 cm³/mol. The molecule has 1 N–H and O–H groups in total. The number of rotatable bonds is 8. The third-order valence-corrected chi connectivity index (χ3v) is 3.15. The fourth-order valence-electron chi connectivity index (χ4n) is 1.92. The van der Waals surface area contributed by atoms with Crippen molar-refractivity contribution in [3.05, 3.63) is 29.8 Å². The van der Waals surface area contributed by atoms with E-state index in [0.717, 1.165) is 25.0 Å². The van der Waals surface area contributed by atoms with Crippen LogP contribution in [0.15, 0.2) is 24.3 Å². The van der Waals surface area contributed by atoms with E-state index in [1.165, 1.54) is 12.1 Å². The molecule has 1 rings (SSSR count). The highest BCUT2D eigenvalue weighted by molar-refractivity contribution is 5.69. The molecule has 0 aliphatic carbocycles. The summed E-state index contributed by atoms with van der Waals surface area (Å²) < 4.78 is 42.8. The van der Waals surface area contributed by atoms with Gasteiger partial charge in [0, 0.05) is 0 Å². The summed E-state index contributed by atoms with van der Waals surface area (Å²) >= 11 is 0. The molecule has 0 saturated carbocycles. The SMILES string of the molecule is CCCCC(CCOc1cccc(C(F)(F)F)c1)C(=O)O. The lowest BCUT2D eigenvalue weighted by Gasteiger charge is -2.13. The van der Waals surface area contributed by atoms with Gasteiger partial charge in [-0.3, -0.25) is 4.79 Å². The summed E-state index contributed by atoms with van der Waals surface area (Å²) in [6.45, 7) is 2.06. The summed E-state index contributed by atoms with van der Waals surface area (Å²) in [4.78, 5) is 11.0. The zero-order valence-corrected chi connectivity index (χ0v) is 11.8. The van der Waals surface area contributed by atoms with E-state index in [-0.39, 0.29) is 18.8 Å². The summed E-state index contributed by atoms with van der Waals surface area (Å²) in [6.07, 6.45) is -1.87. The number of hydrogen-bond donors (Lipinski definition) is 1. The van der Waals surface area contributed by atoms with Gasteiger partial charge in [0.05, 0.1) is 18.1 Å². The van der Waals surface area contributed by atoms with E-state index in [1.54, 1.807) is 0 Å². The van der Waals surface area contributed by atoms with Crippen molar-refractivity contribution >= 4 is 5.97 Å². The number of aliphatic carboxylic acids is 1. The fourth-order valence-corrected chi connectivity index (χ4v) is 1.92. The molecule has 1 unspecified atom stereocenters. The molecule has 0 heterocycles. The molecule has 0 amide bonds. The number of ether oxygens (including phenoxy) is 1. The van der Waals surface area contributed by atoms with E-state index in [4.69, 9.17) is 9.84 Å². The van der Waals surface area contributed by atoms with Crippen molar-refractivity contribution in [2.24, 2.45) is 5.92 Å². The molecule has 6 heteroatoms. The average molecular weight is 304 g/mol. The molecule has 3 nitrogen and oxygen atoms in total. The number of benzene rings is 1. The van der Waals surface area contributed by atoms with Crippen LogP contribution in [0.3, 0.4) is 0 Å². The fraction of sp³-hybridized carbons (Fsp3) is 0.533. The Morgan fingerprint density at radius 2 is 2.05 bits per heavy atom. The van der Waals surface area contributed by atoms with Gasteiger partial charge in [0.2, 0.25) is 0 Å². The number of carboxylic acids is 1. The number of hydrogen-bond acceptors (Lipinski definition) is 2. The lowest BCUT2D eigenvalue weighted by atomic mass is 9.99. The highest BCUT2D eigenvalue weighted by Crippen LogP contribution is 2.31. The smallest absolute Gasteiger partial charge is 0.416 e. The van der Waals surface area contributed by atoms with Gasteiger partial charge < -0.3 is 9.84 Å². The second kappa shape index (κ2) is 7.90. The number of unbranched alkanes of at least 4 members (excludes halogenated alkanes) is 1. The largest absolute Gasteiger partial charge is 0.494 e. The van der Waals surface area contributed by atoms with Crippen LogP contribution in [0, 0.1) is 5.92 Å². The Balaban J connectivity index is 2.53. The number of halogens is 3. The van der Waals surface area contributed by atoms with Crippen molar-refractivity contribution < 1.29 is 27.8 Å². The van der Waals surface area contributed by atoms with Crippen molar-refractivity contribution in [1.29, 1.82) is 0 Å². The zero-order chi connectivity index (χ0) is 15.9. The van der Waals surface area contributed by atoms with Crippen molar-refractivity contribution in [2.45, 2.75) is 38.8 Å². The maximum absolute atomic E-state index is 12.5. The highest BCUT2D eigenvalue weighted by atomic mass is 19.4. The molecule has 0 spiro atoms. The molecule has 0 aromatic heterocycles. The molecule has 1 aromatic rings. The first-order chi connectivity index (χ1) is 9.84. The summed E-state index contributed by atoms with van der Waals surface area (Å²) in [5.74, 6) is -1.31. The number of alkyl halides is 3. The summed E-state index contributed by atoms with van der Waals surface area (Å²) in [7, 11) is 0. The molecule has 0 fully saturated rings. The molecule has 0 aliphatic heterocycles. The molecule has 0 aliphatic rings. The Morgan fingerprint density at radius 3 is 2.62 bits per heavy atom. The van der Waals surface area contributed by atoms with Gasteiger partial charge in [0.15, 0.2) is 0 Å². The molecular weight excluding hydrogens is 285 g/mol. The van der Waals surface area contributed by atoms with Gasteiger partial charge in [-0.2, -0.15) is 13.2 Å². The summed E-state index contributed by atoms with van der Waals surface area (Å²) in [6, 6.07) is 4.58. The van der Waals surface area contributed by atoms with Gasteiger partial charge in [0.1, 0.15) is 5.75 Å². The maximum atomic E-state index is 12.5. The molecule has 0 radical (unpaired) electrons. The monoisotopic (exact) mass is 304 g/mol. The molecule has 0 saturated heterocycles. The van der Waals surface area contributed by atoms with Crippen LogP contribution in [0.4, 0.5) is 13.2 Å². The Hall–Kier alpha value is -1.72. The van der Waals surface area contributed by atoms with Crippen LogP contribution in [0.25, 0.3) is 0 Å². The molecule has 118 valence electrons. The van der Waals surface area contributed by atoms with Gasteiger partial charge in [-0.05, 0) is 31.0 Å². The molecule has 21 heavy (non-hydrogen) atoms. The Morgan fingerprint density at radius 1 is 1.33 bits per heavy atom. The van der Waals surface area contributed by atoms with Crippen LogP contribution < -0.4 is 4.74 Å². The minimum atomic E-state index is -4.41. The summed E-state index contributed by atoms with van der Waals surface area (Å²) in [5, 5.41) is 9.04. The minimum Gasteiger partial charge on any atom is -0.494 e. The minimum absolute atomic E-state index is 0.0853. The van der Waals surface area contributed by atoms with Crippen molar-refractivity contribution in [1.82, 2.24) is 0 Å². The van der Waals surface area contributed by atoms with Crippen molar-refractivity contribution in [3.63, 3.8) is 0 Å². The maximum Gasteiger partial charge on any atom is 0.416 e. The third kappa shape index (κ3) is 6.06. The highest BCUT2D eigenvalue weighted by Gasteiger charge is 2.30. The van der Waals surface area contributed by atoms with E-state index < -0.39 is 23.6 Å². The molecular formula is C15H19F3O3. The number of carbonyl (C=O) groups is 1. The molecule has 1 atom stereocenters. The van der Waals surface area contributed by atoms with Gasteiger partial charge in [-0.15, -0.1) is 0 Å². The quantitative estimate of drug-likeness (QED) is 0.776. The normalized spacial score (nSPS) is 13.0. The van der Waals surface area contributed by atoms with Gasteiger partial charge in [0.25, 0.3) is 0 Å². The first-order valence-electron chi connectivity index (χ1n) is 6.87. The van der Waals surface area contributed by atoms with Gasteiger partial charge >= 0.3 is 12.1 Å². The zero-order valence-electron chi connectivity index (χ0n) is 11.8.